The maximum Gasteiger partial charge on any atom is 0.119 e. The van der Waals surface area contributed by atoms with E-state index in [0.717, 1.165) is 28.9 Å². The summed E-state index contributed by atoms with van der Waals surface area (Å²) in [6, 6.07) is 15.8. The number of nitrogens with zero attached hydrogens (tertiary/aromatic N) is 1. The molecule has 2 aromatic rings. The predicted molar refractivity (Wildman–Crippen MR) is 83.9 cm³/mol. The third kappa shape index (κ3) is 3.84. The topological polar surface area (TPSA) is 59.0 Å². The Bertz CT molecular complexity index is 641. The van der Waals surface area contributed by atoms with Crippen molar-refractivity contribution in [3.63, 3.8) is 0 Å². The van der Waals surface area contributed by atoms with Crippen molar-refractivity contribution in [3.05, 3.63) is 64.7 Å². The molecule has 2 rings (SSSR count). The van der Waals surface area contributed by atoms with E-state index < -0.39 is 0 Å². The van der Waals surface area contributed by atoms with Crippen molar-refractivity contribution in [2.45, 2.75) is 32.9 Å². The molecule has 0 aliphatic heterocycles. The Kier molecular flexibility index (Phi) is 4.97. The van der Waals surface area contributed by atoms with Gasteiger partial charge in [-0.25, -0.2) is 0 Å². The quantitative estimate of drug-likeness (QED) is 0.904. The molecule has 0 aliphatic carbocycles. The maximum absolute atomic E-state index is 8.86. The van der Waals surface area contributed by atoms with Gasteiger partial charge in [0.25, 0.3) is 0 Å². The summed E-state index contributed by atoms with van der Waals surface area (Å²) in [5.41, 5.74) is 9.94. The lowest BCUT2D eigenvalue weighted by molar-refractivity contribution is 0.305. The van der Waals surface area contributed by atoms with Gasteiger partial charge in [-0.3, -0.25) is 0 Å². The Balaban J connectivity index is 2.02. The zero-order chi connectivity index (χ0) is 15.2. The summed E-state index contributed by atoms with van der Waals surface area (Å²) < 4.78 is 5.79. The second-order valence-corrected chi connectivity index (χ2v) is 5.13. The van der Waals surface area contributed by atoms with Gasteiger partial charge < -0.3 is 10.5 Å². The van der Waals surface area contributed by atoms with Crippen LogP contribution < -0.4 is 10.5 Å². The average Bonchev–Trinajstić information content (AvgIpc) is 2.53. The number of aryl methyl sites for hydroxylation is 1. The van der Waals surface area contributed by atoms with Crippen LogP contribution in [0.25, 0.3) is 0 Å². The molecule has 0 heterocycles. The van der Waals surface area contributed by atoms with Crippen molar-refractivity contribution in [2.75, 3.05) is 0 Å². The predicted octanol–water partition coefficient (Wildman–Crippen LogP) is 3.86. The fraction of sp³-hybridized carbons (Fsp3) is 0.278. The van der Waals surface area contributed by atoms with Gasteiger partial charge in [0.2, 0.25) is 0 Å². The molecular formula is C18H20N2O. The fourth-order valence-corrected chi connectivity index (χ4v) is 2.14. The molecule has 1 atom stereocenters. The van der Waals surface area contributed by atoms with Crippen molar-refractivity contribution in [1.82, 2.24) is 0 Å². The van der Waals surface area contributed by atoms with Crippen molar-refractivity contribution in [1.29, 1.82) is 5.26 Å². The van der Waals surface area contributed by atoms with Crippen LogP contribution in [0.1, 0.15) is 41.6 Å². The molecule has 108 valence electrons. The summed E-state index contributed by atoms with van der Waals surface area (Å²) in [5, 5.41) is 8.86. The van der Waals surface area contributed by atoms with Gasteiger partial charge in [0.05, 0.1) is 11.6 Å². The highest BCUT2D eigenvalue weighted by Crippen LogP contribution is 2.20. The Morgan fingerprint density at radius 2 is 1.90 bits per heavy atom. The van der Waals surface area contributed by atoms with Crippen molar-refractivity contribution in [2.24, 2.45) is 5.73 Å². The van der Waals surface area contributed by atoms with Crippen LogP contribution in [0.3, 0.4) is 0 Å². The molecular weight excluding hydrogens is 260 g/mol. The number of hydrogen-bond donors (Lipinski definition) is 1. The van der Waals surface area contributed by atoms with E-state index in [0.29, 0.717) is 12.2 Å². The molecule has 3 heteroatoms. The van der Waals surface area contributed by atoms with Crippen molar-refractivity contribution < 1.29 is 4.74 Å². The fourth-order valence-electron chi connectivity index (χ4n) is 2.14. The van der Waals surface area contributed by atoms with Gasteiger partial charge in [0, 0.05) is 6.04 Å². The number of hydrogen-bond acceptors (Lipinski definition) is 3. The number of ether oxygens (including phenoxy) is 1. The molecule has 21 heavy (non-hydrogen) atoms. The summed E-state index contributed by atoms with van der Waals surface area (Å²) in [7, 11) is 0. The van der Waals surface area contributed by atoms with Crippen LogP contribution in [0, 0.1) is 18.3 Å². The molecule has 0 aromatic heterocycles. The first-order valence-corrected chi connectivity index (χ1v) is 7.12. The van der Waals surface area contributed by atoms with E-state index in [9.17, 15) is 0 Å². The smallest absolute Gasteiger partial charge is 0.119 e. The minimum atomic E-state index is 0.0832. The number of nitriles is 1. The van der Waals surface area contributed by atoms with Crippen LogP contribution >= 0.6 is 0 Å². The highest BCUT2D eigenvalue weighted by Gasteiger charge is 2.04. The molecule has 2 N–H and O–H groups in total. The molecule has 0 spiro atoms. The summed E-state index contributed by atoms with van der Waals surface area (Å²) in [6.07, 6.45) is 0.921. The third-order valence-electron chi connectivity index (χ3n) is 3.61. The van der Waals surface area contributed by atoms with E-state index in [1.165, 1.54) is 0 Å². The van der Waals surface area contributed by atoms with E-state index in [2.05, 4.69) is 13.0 Å². The summed E-state index contributed by atoms with van der Waals surface area (Å²) in [4.78, 5) is 0. The van der Waals surface area contributed by atoms with Gasteiger partial charge in [-0.15, -0.1) is 0 Å². The highest BCUT2D eigenvalue weighted by atomic mass is 16.5. The minimum Gasteiger partial charge on any atom is -0.489 e. The van der Waals surface area contributed by atoms with Crippen LogP contribution in [-0.4, -0.2) is 0 Å². The number of rotatable bonds is 5. The van der Waals surface area contributed by atoms with Crippen LogP contribution in [0.5, 0.6) is 5.75 Å². The highest BCUT2D eigenvalue weighted by molar-refractivity contribution is 5.37. The zero-order valence-corrected chi connectivity index (χ0v) is 12.5. The van der Waals surface area contributed by atoms with E-state index in [4.69, 9.17) is 15.7 Å². The SMILES string of the molecule is CC[C@@H](N)c1ccc(OCc2ccc(C#N)cc2C)cc1. The lowest BCUT2D eigenvalue weighted by atomic mass is 10.1. The zero-order valence-electron chi connectivity index (χ0n) is 12.5. The Morgan fingerprint density at radius 1 is 1.19 bits per heavy atom. The van der Waals surface area contributed by atoms with Gasteiger partial charge >= 0.3 is 0 Å². The molecule has 0 unspecified atom stereocenters. The van der Waals surface area contributed by atoms with Crippen LogP contribution in [0.15, 0.2) is 42.5 Å². The maximum atomic E-state index is 8.86. The van der Waals surface area contributed by atoms with E-state index in [1.807, 2.05) is 49.4 Å². The van der Waals surface area contributed by atoms with Gasteiger partial charge in [0.1, 0.15) is 12.4 Å². The van der Waals surface area contributed by atoms with E-state index in [1.54, 1.807) is 0 Å². The molecule has 0 saturated carbocycles. The molecule has 3 nitrogen and oxygen atoms in total. The van der Waals surface area contributed by atoms with E-state index >= 15 is 0 Å². The molecule has 0 fully saturated rings. The molecule has 2 aromatic carbocycles. The third-order valence-corrected chi connectivity index (χ3v) is 3.61. The van der Waals surface area contributed by atoms with E-state index in [-0.39, 0.29) is 6.04 Å². The monoisotopic (exact) mass is 280 g/mol. The van der Waals surface area contributed by atoms with Gasteiger partial charge in [0.15, 0.2) is 0 Å². The molecule has 0 bridgehead atoms. The molecule has 0 aliphatic rings. The Morgan fingerprint density at radius 3 is 2.48 bits per heavy atom. The van der Waals surface area contributed by atoms with Gasteiger partial charge in [-0.05, 0) is 54.3 Å². The normalized spacial score (nSPS) is 11.7. The van der Waals surface area contributed by atoms with Crippen LogP contribution in [-0.2, 0) is 6.61 Å². The van der Waals surface area contributed by atoms with Crippen molar-refractivity contribution in [3.8, 4) is 11.8 Å². The summed E-state index contributed by atoms with van der Waals surface area (Å²) in [5.74, 6) is 0.825. The second kappa shape index (κ2) is 6.92. The number of nitrogens with two attached hydrogens (primary N) is 1. The lowest BCUT2D eigenvalue weighted by Crippen LogP contribution is -2.08. The van der Waals surface area contributed by atoms with Gasteiger partial charge in [-0.1, -0.05) is 25.1 Å². The molecule has 0 amide bonds. The molecule has 0 saturated heterocycles. The van der Waals surface area contributed by atoms with Crippen LogP contribution in [0.4, 0.5) is 0 Å². The van der Waals surface area contributed by atoms with Crippen molar-refractivity contribution >= 4 is 0 Å². The first-order valence-electron chi connectivity index (χ1n) is 7.12. The lowest BCUT2D eigenvalue weighted by Gasteiger charge is -2.12. The standard InChI is InChI=1S/C18H20N2O/c1-3-18(20)15-6-8-17(9-7-15)21-12-16-5-4-14(11-19)10-13(16)2/h4-10,18H,3,12,20H2,1-2H3/t18-/m1/s1. The first-order chi connectivity index (χ1) is 10.1. The summed E-state index contributed by atoms with van der Waals surface area (Å²) in [6.45, 7) is 4.56. The summed E-state index contributed by atoms with van der Waals surface area (Å²) >= 11 is 0. The minimum absolute atomic E-state index is 0.0832. The van der Waals surface area contributed by atoms with Gasteiger partial charge in [-0.2, -0.15) is 5.26 Å². The van der Waals surface area contributed by atoms with Crippen LogP contribution in [0.2, 0.25) is 0 Å². The average molecular weight is 280 g/mol. The second-order valence-electron chi connectivity index (χ2n) is 5.13. The number of benzene rings is 2. The Labute approximate surface area is 126 Å². The Hall–Kier alpha value is -2.31. The first kappa shape index (κ1) is 15.1. The molecule has 0 radical (unpaired) electrons. The largest absolute Gasteiger partial charge is 0.489 e.